The van der Waals surface area contributed by atoms with E-state index in [9.17, 15) is 18.3 Å². The van der Waals surface area contributed by atoms with Crippen LogP contribution in [0.4, 0.5) is 5.69 Å². The first-order valence-corrected chi connectivity index (χ1v) is 17.7. The molecule has 0 bridgehead atoms. The maximum absolute atomic E-state index is 13.4. The first-order valence-electron chi connectivity index (χ1n) is 16.1. The summed E-state index contributed by atoms with van der Waals surface area (Å²) in [4.78, 5) is 19.3. The highest BCUT2D eigenvalue weighted by Gasteiger charge is 2.45. The van der Waals surface area contributed by atoms with Gasteiger partial charge in [-0.25, -0.2) is 13.4 Å². The van der Waals surface area contributed by atoms with Crippen LogP contribution in [-0.4, -0.2) is 55.5 Å². The quantitative estimate of drug-likeness (QED) is 0.299. The molecular formula is C35H47N3O5S. The number of hydrogen-bond donors (Lipinski definition) is 2. The number of fused-ring (bicyclic) bond motifs is 3. The van der Waals surface area contributed by atoms with Crippen LogP contribution in [0.15, 0.2) is 60.2 Å². The van der Waals surface area contributed by atoms with Crippen LogP contribution in [0, 0.1) is 11.8 Å². The average molecular weight is 622 g/mol. The summed E-state index contributed by atoms with van der Waals surface area (Å²) in [5.41, 5.74) is 8.37. The smallest absolute Gasteiger partial charge is 0.248 e. The lowest BCUT2D eigenvalue weighted by Crippen LogP contribution is -2.49. The molecule has 44 heavy (non-hydrogen) atoms. The number of pyridine rings is 1. The molecule has 1 aromatic carbocycles. The zero-order chi connectivity index (χ0) is 31.5. The van der Waals surface area contributed by atoms with Crippen molar-refractivity contribution in [2.24, 2.45) is 17.6 Å². The van der Waals surface area contributed by atoms with E-state index in [1.807, 2.05) is 24.3 Å². The maximum Gasteiger partial charge on any atom is 0.248 e. The van der Waals surface area contributed by atoms with Gasteiger partial charge in [-0.1, -0.05) is 37.6 Å². The van der Waals surface area contributed by atoms with Gasteiger partial charge in [0, 0.05) is 29.8 Å². The molecule has 1 unspecified atom stereocenters. The van der Waals surface area contributed by atoms with Gasteiger partial charge in [0.05, 0.1) is 23.6 Å². The maximum atomic E-state index is 13.4. The molecule has 8 nitrogen and oxygen atoms in total. The fourth-order valence-electron chi connectivity index (χ4n) is 7.08. The van der Waals surface area contributed by atoms with Gasteiger partial charge in [-0.3, -0.25) is 4.79 Å². The number of allylic oxidation sites excluding steroid dienone is 2. The summed E-state index contributed by atoms with van der Waals surface area (Å²) in [6, 6.07) is 8.97. The van der Waals surface area contributed by atoms with Gasteiger partial charge in [0.1, 0.15) is 5.75 Å². The van der Waals surface area contributed by atoms with Crippen molar-refractivity contribution in [3.8, 4) is 5.75 Å². The van der Waals surface area contributed by atoms with Gasteiger partial charge in [0.15, 0.2) is 14.9 Å². The normalized spacial score (nSPS) is 24.5. The number of aryl methyl sites for hydroxylation is 1. The van der Waals surface area contributed by atoms with Crippen molar-refractivity contribution in [2.75, 3.05) is 24.6 Å². The molecular weight excluding hydrogens is 574 g/mol. The second-order valence-electron chi connectivity index (χ2n) is 12.9. The van der Waals surface area contributed by atoms with E-state index < -0.39 is 32.5 Å². The summed E-state index contributed by atoms with van der Waals surface area (Å²) in [5, 5.41) is 10.5. The zero-order valence-electron chi connectivity index (χ0n) is 26.1. The molecule has 1 amide bonds. The Hall–Kier alpha value is -3.17. The van der Waals surface area contributed by atoms with Gasteiger partial charge >= 0.3 is 0 Å². The zero-order valence-corrected chi connectivity index (χ0v) is 26.9. The van der Waals surface area contributed by atoms with Crippen molar-refractivity contribution < 1.29 is 23.1 Å². The molecule has 1 aliphatic heterocycles. The number of aliphatic hydroxyl groups excluding tert-OH is 1. The molecule has 3 aliphatic rings. The molecule has 0 saturated heterocycles. The van der Waals surface area contributed by atoms with E-state index in [1.165, 1.54) is 0 Å². The Labute approximate surface area is 262 Å². The summed E-state index contributed by atoms with van der Waals surface area (Å²) in [6.45, 7) is 9.34. The highest BCUT2D eigenvalue weighted by atomic mass is 32.2. The van der Waals surface area contributed by atoms with Crippen LogP contribution in [0.25, 0.3) is 0 Å². The predicted molar refractivity (Wildman–Crippen MR) is 174 cm³/mol. The highest BCUT2D eigenvalue weighted by Crippen LogP contribution is 2.46. The van der Waals surface area contributed by atoms with Gasteiger partial charge in [0.25, 0.3) is 0 Å². The number of unbranched alkanes of at least 4 members (excludes halogenated alkanes) is 1. The number of sulfone groups is 1. The molecule has 1 saturated carbocycles. The first-order chi connectivity index (χ1) is 21.1. The lowest BCUT2D eigenvalue weighted by atomic mass is 9.69. The number of carbonyl (C=O) groups is 1. The summed E-state index contributed by atoms with van der Waals surface area (Å²) in [6.07, 6.45) is 12.8. The fourth-order valence-corrected chi connectivity index (χ4v) is 8.44. The van der Waals surface area contributed by atoms with Crippen LogP contribution in [0.3, 0.4) is 0 Å². The summed E-state index contributed by atoms with van der Waals surface area (Å²) in [7, 11) is -3.57. The predicted octanol–water partition coefficient (Wildman–Crippen LogP) is 5.53. The van der Waals surface area contributed by atoms with E-state index >= 15 is 0 Å². The Kier molecular flexibility index (Phi) is 9.85. The van der Waals surface area contributed by atoms with Gasteiger partial charge in [-0.05, 0) is 100.0 Å². The molecule has 1 spiro atoms. The van der Waals surface area contributed by atoms with Crippen molar-refractivity contribution in [1.82, 2.24) is 4.98 Å². The third-order valence-corrected chi connectivity index (χ3v) is 12.0. The minimum absolute atomic E-state index is 0.132. The second-order valence-corrected chi connectivity index (χ2v) is 15.2. The molecule has 238 valence electrons. The Morgan fingerprint density at radius 2 is 2.09 bits per heavy atom. The molecule has 3 N–H and O–H groups in total. The molecule has 9 heteroatoms. The van der Waals surface area contributed by atoms with E-state index in [0.717, 1.165) is 55.5 Å². The number of nitrogens with zero attached hydrogens (tertiary/aromatic N) is 2. The number of carbonyl (C=O) groups excluding carboxylic acids is 1. The minimum atomic E-state index is -3.57. The monoisotopic (exact) mass is 621 g/mol. The molecule has 0 radical (unpaired) electrons. The third kappa shape index (κ3) is 6.45. The van der Waals surface area contributed by atoms with Crippen molar-refractivity contribution in [1.29, 1.82) is 0 Å². The minimum Gasteiger partial charge on any atom is -0.490 e. The number of ether oxygens (including phenoxy) is 1. The summed E-state index contributed by atoms with van der Waals surface area (Å²) >= 11 is 0. The van der Waals surface area contributed by atoms with Crippen molar-refractivity contribution in [2.45, 2.75) is 93.4 Å². The average Bonchev–Trinajstić information content (AvgIpc) is 3.14. The van der Waals surface area contributed by atoms with E-state index in [-0.39, 0.29) is 16.9 Å². The number of aliphatic hydroxyl groups is 1. The number of primary amides is 1. The van der Waals surface area contributed by atoms with E-state index in [2.05, 4.69) is 24.5 Å². The Bertz CT molecular complexity index is 1510. The number of aromatic nitrogens is 1. The number of anilines is 1. The standard InChI is InChI=1S/C35H47N3O5S/c1-4-6-8-12-31(39)27-15-13-26(27)21-38-22-35(23-43-32-17-14-25(34(36)40)20-30(32)38)19-9-11-29-28(35)16-18-33(37-29)44(41,42)24(3)10-7-5-2/h5,8,12,14,16-18,20,24,26-27,31,39H,2,4,6-7,9-11,13,15,19,21-23H2,1,3H3,(H2,36,40)/b12-8+/t24-,26+,27-,31+,35?/m1/s1. The molecule has 1 aromatic heterocycles. The van der Waals surface area contributed by atoms with Crippen LogP contribution in [-0.2, 0) is 21.7 Å². The fraction of sp³-hybridized carbons (Fsp3) is 0.543. The van der Waals surface area contributed by atoms with Gasteiger partial charge in [-0.15, -0.1) is 6.58 Å². The van der Waals surface area contributed by atoms with Crippen LogP contribution >= 0.6 is 0 Å². The third-order valence-electron chi connectivity index (χ3n) is 9.93. The molecule has 2 aliphatic carbocycles. The van der Waals surface area contributed by atoms with Gasteiger partial charge < -0.3 is 20.5 Å². The van der Waals surface area contributed by atoms with Crippen LogP contribution in [0.2, 0.25) is 0 Å². The topological polar surface area (TPSA) is 123 Å². The number of hydrogen-bond acceptors (Lipinski definition) is 7. The second kappa shape index (κ2) is 13.4. The number of amides is 1. The molecule has 2 heterocycles. The molecule has 1 fully saturated rings. The molecule has 2 aromatic rings. The number of nitrogens with two attached hydrogens (primary N) is 1. The number of rotatable bonds is 12. The lowest BCUT2D eigenvalue weighted by molar-refractivity contribution is 0.0456. The summed E-state index contributed by atoms with van der Waals surface area (Å²) < 4.78 is 33.2. The van der Waals surface area contributed by atoms with Crippen LogP contribution < -0.4 is 15.4 Å². The van der Waals surface area contributed by atoms with E-state index in [4.69, 9.17) is 15.5 Å². The Balaban J connectivity index is 1.48. The first kappa shape index (κ1) is 32.2. The van der Waals surface area contributed by atoms with Crippen molar-refractivity contribution in [3.63, 3.8) is 0 Å². The van der Waals surface area contributed by atoms with Gasteiger partial charge in [0.2, 0.25) is 5.91 Å². The SMILES string of the molecule is C=CCC[C@@H](C)S(=O)(=O)c1ccc2c(n1)CCCC21COc2ccc(C(N)=O)cc2N(C[C@@H]2CC[C@H]2[C@@H](O)/C=C/CCC)C1. The highest BCUT2D eigenvalue weighted by molar-refractivity contribution is 7.92. The lowest BCUT2D eigenvalue weighted by Gasteiger charge is -2.45. The van der Waals surface area contributed by atoms with E-state index in [0.29, 0.717) is 50.3 Å². The Morgan fingerprint density at radius 1 is 1.27 bits per heavy atom. The van der Waals surface area contributed by atoms with E-state index in [1.54, 1.807) is 25.1 Å². The van der Waals surface area contributed by atoms with Crippen molar-refractivity contribution >= 4 is 21.4 Å². The van der Waals surface area contributed by atoms with Crippen LogP contribution in [0.1, 0.15) is 86.8 Å². The summed E-state index contributed by atoms with van der Waals surface area (Å²) in [5.74, 6) is 0.652. The van der Waals surface area contributed by atoms with Crippen molar-refractivity contribution in [3.05, 3.63) is 72.0 Å². The Morgan fingerprint density at radius 3 is 2.80 bits per heavy atom. The number of benzene rings is 1. The van der Waals surface area contributed by atoms with Crippen LogP contribution in [0.5, 0.6) is 5.75 Å². The largest absolute Gasteiger partial charge is 0.490 e. The van der Waals surface area contributed by atoms with Gasteiger partial charge in [-0.2, -0.15) is 0 Å². The molecule has 5 atom stereocenters. The molecule has 5 rings (SSSR count).